The quantitative estimate of drug-likeness (QED) is 0.481. The van der Waals surface area contributed by atoms with Crippen LogP contribution in [-0.2, 0) is 17.8 Å². The number of anilines is 1. The molecule has 0 spiro atoms. The standard InChI is InChI=1S/C9H12N2O/c10-11-9-2-1-8-6-12-4-3-7(8)5-9/h1-2,5,11H,3-4,6,10H2. The number of fused-ring (bicyclic) bond motifs is 1. The van der Waals surface area contributed by atoms with Gasteiger partial charge in [-0.1, -0.05) is 6.07 Å². The molecule has 1 aliphatic rings. The Hall–Kier alpha value is -1.06. The summed E-state index contributed by atoms with van der Waals surface area (Å²) >= 11 is 0. The van der Waals surface area contributed by atoms with E-state index in [1.807, 2.05) is 6.07 Å². The maximum atomic E-state index is 5.32. The van der Waals surface area contributed by atoms with Gasteiger partial charge in [-0.2, -0.15) is 0 Å². The third-order valence-corrected chi connectivity index (χ3v) is 2.15. The molecule has 0 saturated carbocycles. The fourth-order valence-electron chi connectivity index (χ4n) is 1.45. The highest BCUT2D eigenvalue weighted by atomic mass is 16.5. The molecular weight excluding hydrogens is 152 g/mol. The van der Waals surface area contributed by atoms with Crippen LogP contribution in [0.15, 0.2) is 18.2 Å². The van der Waals surface area contributed by atoms with Gasteiger partial charge in [-0.25, -0.2) is 0 Å². The van der Waals surface area contributed by atoms with Crippen LogP contribution in [0.25, 0.3) is 0 Å². The van der Waals surface area contributed by atoms with Crippen molar-refractivity contribution >= 4 is 5.69 Å². The molecule has 0 aromatic heterocycles. The first-order chi connectivity index (χ1) is 5.90. The van der Waals surface area contributed by atoms with Crippen molar-refractivity contribution in [2.75, 3.05) is 12.0 Å². The highest BCUT2D eigenvalue weighted by Crippen LogP contribution is 2.20. The van der Waals surface area contributed by atoms with Crippen molar-refractivity contribution in [3.8, 4) is 0 Å². The lowest BCUT2D eigenvalue weighted by molar-refractivity contribution is 0.111. The topological polar surface area (TPSA) is 47.3 Å². The van der Waals surface area contributed by atoms with Gasteiger partial charge in [0.05, 0.1) is 13.2 Å². The first-order valence-corrected chi connectivity index (χ1v) is 4.06. The van der Waals surface area contributed by atoms with Gasteiger partial charge in [-0.15, -0.1) is 0 Å². The Morgan fingerprint density at radius 3 is 3.08 bits per heavy atom. The van der Waals surface area contributed by atoms with E-state index >= 15 is 0 Å². The summed E-state index contributed by atoms with van der Waals surface area (Å²) in [6, 6.07) is 6.11. The van der Waals surface area contributed by atoms with E-state index in [1.54, 1.807) is 0 Å². The molecule has 1 aromatic rings. The third kappa shape index (κ3) is 1.29. The first kappa shape index (κ1) is 7.58. The number of ether oxygens (including phenoxy) is 1. The molecule has 3 N–H and O–H groups in total. The molecule has 1 heterocycles. The highest BCUT2D eigenvalue weighted by molar-refractivity contribution is 5.48. The van der Waals surface area contributed by atoms with Gasteiger partial charge in [-0.3, -0.25) is 5.84 Å². The Labute approximate surface area is 71.5 Å². The van der Waals surface area contributed by atoms with Crippen LogP contribution >= 0.6 is 0 Å². The zero-order valence-corrected chi connectivity index (χ0v) is 6.84. The molecule has 3 nitrogen and oxygen atoms in total. The van der Waals surface area contributed by atoms with Crippen molar-refractivity contribution in [1.29, 1.82) is 0 Å². The molecule has 1 aliphatic heterocycles. The van der Waals surface area contributed by atoms with Crippen LogP contribution in [0.1, 0.15) is 11.1 Å². The van der Waals surface area contributed by atoms with Crippen LogP contribution in [0.4, 0.5) is 5.69 Å². The molecule has 12 heavy (non-hydrogen) atoms. The molecule has 0 saturated heterocycles. The second-order valence-corrected chi connectivity index (χ2v) is 2.93. The van der Waals surface area contributed by atoms with Crippen LogP contribution in [0.2, 0.25) is 0 Å². The SMILES string of the molecule is NNc1ccc2c(c1)CCOC2. The first-order valence-electron chi connectivity index (χ1n) is 4.06. The van der Waals surface area contributed by atoms with Crippen LogP contribution in [-0.4, -0.2) is 6.61 Å². The smallest absolute Gasteiger partial charge is 0.0719 e. The monoisotopic (exact) mass is 164 g/mol. The van der Waals surface area contributed by atoms with Crippen molar-refractivity contribution in [3.05, 3.63) is 29.3 Å². The predicted molar refractivity (Wildman–Crippen MR) is 47.6 cm³/mol. The number of nitrogens with two attached hydrogens (primary N) is 1. The average molecular weight is 164 g/mol. The van der Waals surface area contributed by atoms with Crippen molar-refractivity contribution in [3.63, 3.8) is 0 Å². The lowest BCUT2D eigenvalue weighted by Gasteiger charge is -2.16. The van der Waals surface area contributed by atoms with E-state index < -0.39 is 0 Å². The third-order valence-electron chi connectivity index (χ3n) is 2.15. The second-order valence-electron chi connectivity index (χ2n) is 2.93. The Morgan fingerprint density at radius 1 is 1.33 bits per heavy atom. The van der Waals surface area contributed by atoms with Crippen LogP contribution in [0.3, 0.4) is 0 Å². The van der Waals surface area contributed by atoms with Crippen molar-refractivity contribution < 1.29 is 4.74 Å². The normalized spacial score (nSPS) is 15.4. The summed E-state index contributed by atoms with van der Waals surface area (Å²) in [7, 11) is 0. The Balaban J connectivity index is 2.36. The van der Waals surface area contributed by atoms with Crippen molar-refractivity contribution in [2.45, 2.75) is 13.0 Å². The molecule has 1 aromatic carbocycles. The van der Waals surface area contributed by atoms with Gasteiger partial charge in [0.2, 0.25) is 0 Å². The summed E-state index contributed by atoms with van der Waals surface area (Å²) in [4.78, 5) is 0. The molecule has 0 bridgehead atoms. The molecule has 0 fully saturated rings. The van der Waals surface area contributed by atoms with Crippen molar-refractivity contribution in [1.82, 2.24) is 0 Å². The number of nitrogens with one attached hydrogen (secondary N) is 1. The van der Waals surface area contributed by atoms with Crippen LogP contribution < -0.4 is 11.3 Å². The summed E-state index contributed by atoms with van der Waals surface area (Å²) in [5.41, 5.74) is 6.23. The zero-order valence-electron chi connectivity index (χ0n) is 6.84. The lowest BCUT2D eigenvalue weighted by Crippen LogP contribution is -2.12. The van der Waals surface area contributed by atoms with Gasteiger partial charge in [0, 0.05) is 5.69 Å². The minimum Gasteiger partial charge on any atom is -0.376 e. The molecule has 64 valence electrons. The molecule has 2 rings (SSSR count). The number of hydrazine groups is 1. The van der Waals surface area contributed by atoms with E-state index in [2.05, 4.69) is 17.6 Å². The number of rotatable bonds is 1. The minimum absolute atomic E-state index is 0.736. The highest BCUT2D eigenvalue weighted by Gasteiger charge is 2.08. The number of benzene rings is 1. The maximum absolute atomic E-state index is 5.32. The molecule has 0 amide bonds. The van der Waals surface area contributed by atoms with Gasteiger partial charge in [-0.05, 0) is 29.7 Å². The molecule has 0 atom stereocenters. The number of hydrogen-bond donors (Lipinski definition) is 2. The number of hydrogen-bond acceptors (Lipinski definition) is 3. The van der Waals surface area contributed by atoms with E-state index in [-0.39, 0.29) is 0 Å². The largest absolute Gasteiger partial charge is 0.376 e. The van der Waals surface area contributed by atoms with Gasteiger partial charge < -0.3 is 10.2 Å². The van der Waals surface area contributed by atoms with E-state index in [0.29, 0.717) is 0 Å². The minimum atomic E-state index is 0.736. The van der Waals surface area contributed by atoms with E-state index in [9.17, 15) is 0 Å². The van der Waals surface area contributed by atoms with Crippen LogP contribution in [0, 0.1) is 0 Å². The summed E-state index contributed by atoms with van der Waals surface area (Å²) in [6.45, 7) is 1.56. The summed E-state index contributed by atoms with van der Waals surface area (Å²) in [5.74, 6) is 5.30. The van der Waals surface area contributed by atoms with E-state index in [1.165, 1.54) is 11.1 Å². The molecule has 0 radical (unpaired) electrons. The second kappa shape index (κ2) is 3.13. The molecule has 0 unspecified atom stereocenters. The summed E-state index contributed by atoms with van der Waals surface area (Å²) < 4.78 is 5.32. The molecule has 0 aliphatic carbocycles. The van der Waals surface area contributed by atoms with Gasteiger partial charge in [0.1, 0.15) is 0 Å². The Bertz CT molecular complexity index is 286. The maximum Gasteiger partial charge on any atom is 0.0719 e. The van der Waals surface area contributed by atoms with Gasteiger partial charge in [0.25, 0.3) is 0 Å². The lowest BCUT2D eigenvalue weighted by atomic mass is 10.0. The van der Waals surface area contributed by atoms with Crippen LogP contribution in [0.5, 0.6) is 0 Å². The van der Waals surface area contributed by atoms with Crippen molar-refractivity contribution in [2.24, 2.45) is 5.84 Å². The average Bonchev–Trinajstić information content (AvgIpc) is 2.17. The predicted octanol–water partition coefficient (Wildman–Crippen LogP) is 1.04. The Kier molecular flexibility index (Phi) is 1.98. The zero-order chi connectivity index (χ0) is 8.39. The number of nitrogen functional groups attached to an aromatic ring is 1. The van der Waals surface area contributed by atoms with Gasteiger partial charge >= 0.3 is 0 Å². The van der Waals surface area contributed by atoms with E-state index in [4.69, 9.17) is 10.6 Å². The molecular formula is C9H12N2O. The summed E-state index contributed by atoms with van der Waals surface area (Å²) in [6.07, 6.45) is 0.991. The summed E-state index contributed by atoms with van der Waals surface area (Å²) in [5, 5.41) is 0. The van der Waals surface area contributed by atoms with Gasteiger partial charge in [0.15, 0.2) is 0 Å². The fourth-order valence-corrected chi connectivity index (χ4v) is 1.45. The molecule has 3 heteroatoms. The fraction of sp³-hybridized carbons (Fsp3) is 0.333. The van der Waals surface area contributed by atoms with E-state index in [0.717, 1.165) is 25.3 Å². The Morgan fingerprint density at radius 2 is 2.25 bits per heavy atom.